The molecule has 0 aliphatic rings. The summed E-state index contributed by atoms with van der Waals surface area (Å²) in [6, 6.07) is 0. The van der Waals surface area contributed by atoms with Gasteiger partial charge in [0.15, 0.2) is 6.10 Å². The first kappa shape index (κ1) is 71.9. The first-order valence-corrected chi connectivity index (χ1v) is 31.0. The zero-order valence-electron chi connectivity index (χ0n) is 48.6. The second-order valence-corrected chi connectivity index (χ2v) is 21.7. The molecule has 0 rings (SSSR count). The fourth-order valence-corrected chi connectivity index (χ4v) is 8.12. The van der Waals surface area contributed by atoms with Gasteiger partial charge < -0.3 is 27.9 Å². The molecule has 0 radical (unpaired) electrons. The lowest BCUT2D eigenvalue weighted by Gasteiger charge is -2.28. The minimum absolute atomic E-state index is 0.0496. The number of hydrogen-bond acceptors (Lipinski definition) is 8. The highest BCUT2D eigenvalue weighted by Crippen LogP contribution is 2.38. The van der Waals surface area contributed by atoms with Crippen molar-refractivity contribution in [3.63, 3.8) is 0 Å². The average molecular weight is 1070 g/mol. The lowest BCUT2D eigenvalue weighted by Crippen LogP contribution is -2.37. The number of rotatable bonds is 52. The Morgan fingerprint density at radius 1 is 0.408 bits per heavy atom. The highest BCUT2D eigenvalue weighted by Gasteiger charge is 2.21. The Hall–Kier alpha value is -4.11. The van der Waals surface area contributed by atoms with Crippen LogP contribution in [0, 0.1) is 0 Å². The smallest absolute Gasteiger partial charge is 0.306 e. The Morgan fingerprint density at radius 3 is 1.11 bits per heavy atom. The van der Waals surface area contributed by atoms with E-state index in [4.69, 9.17) is 18.5 Å². The first-order valence-electron chi connectivity index (χ1n) is 29.5. The molecule has 0 heterocycles. The number of carbonyl (C=O) groups is 2. The lowest BCUT2D eigenvalue weighted by atomic mass is 10.0. The highest BCUT2D eigenvalue weighted by atomic mass is 31.2. The van der Waals surface area contributed by atoms with Crippen LogP contribution in [0.4, 0.5) is 0 Å². The third-order valence-electron chi connectivity index (χ3n) is 11.9. The van der Waals surface area contributed by atoms with Crippen molar-refractivity contribution >= 4 is 19.8 Å². The summed E-state index contributed by atoms with van der Waals surface area (Å²) >= 11 is 0. The van der Waals surface area contributed by atoms with E-state index >= 15 is 0 Å². The molecule has 2 unspecified atom stereocenters. The van der Waals surface area contributed by atoms with E-state index in [1.807, 2.05) is 33.3 Å². The van der Waals surface area contributed by atoms with Crippen LogP contribution in [-0.2, 0) is 32.7 Å². The second-order valence-electron chi connectivity index (χ2n) is 20.2. The molecule has 0 bridgehead atoms. The molecule has 430 valence electrons. The number of carbonyl (C=O) groups excluding carboxylic acids is 2. The number of likely N-dealkylation sites (N-methyl/N-ethyl adjacent to an activating group) is 1. The molecule has 0 aromatic carbocycles. The third-order valence-corrected chi connectivity index (χ3v) is 12.8. The fourth-order valence-electron chi connectivity index (χ4n) is 7.39. The largest absolute Gasteiger partial charge is 0.756 e. The van der Waals surface area contributed by atoms with Gasteiger partial charge in [-0.05, 0) is 103 Å². The van der Waals surface area contributed by atoms with Crippen molar-refractivity contribution in [1.29, 1.82) is 0 Å². The van der Waals surface area contributed by atoms with Crippen molar-refractivity contribution in [2.24, 2.45) is 0 Å². The maximum atomic E-state index is 12.8. The van der Waals surface area contributed by atoms with E-state index in [-0.39, 0.29) is 26.1 Å². The monoisotopic (exact) mass is 1070 g/mol. The average Bonchev–Trinajstić information content (AvgIpc) is 3.38. The normalized spacial score (nSPS) is 14.3. The molecule has 0 saturated heterocycles. The summed E-state index contributed by atoms with van der Waals surface area (Å²) in [5.41, 5.74) is 0. The van der Waals surface area contributed by atoms with Gasteiger partial charge in [-0.3, -0.25) is 14.2 Å². The van der Waals surface area contributed by atoms with Crippen molar-refractivity contribution in [3.05, 3.63) is 146 Å². The summed E-state index contributed by atoms with van der Waals surface area (Å²) in [7, 11) is 1.11. The number of phosphoric acid groups is 1. The molecule has 2 atom stereocenters. The van der Waals surface area contributed by atoms with Crippen molar-refractivity contribution in [3.8, 4) is 0 Å². The molecule has 0 aromatic heterocycles. The molecule has 0 amide bonds. The summed E-state index contributed by atoms with van der Waals surface area (Å²) in [6.07, 6.45) is 82.0. The number of esters is 2. The number of phosphoric ester groups is 1. The van der Waals surface area contributed by atoms with Gasteiger partial charge in [0.1, 0.15) is 19.8 Å². The number of ether oxygens (including phenoxy) is 2. The van der Waals surface area contributed by atoms with Crippen LogP contribution in [0.2, 0.25) is 0 Å². The standard InChI is InChI=1S/C66H108NO8P/c1-6-8-10-12-14-16-18-20-22-24-26-27-28-29-30-31-32-33-34-35-36-37-38-39-41-43-45-47-49-51-53-55-57-59-66(69)75-64(63-74-76(70,71)73-61-60-67(3,4)5)62-72-65(68)58-56-54-52-50-48-46-44-42-40-25-23-21-19-17-15-13-11-9-7-2/h8-11,14-17,20-23,26-27,29-30,32-33,40,42,46,48,52,54,64H,6-7,12-13,18-19,24-25,28,31,34-39,41,43-45,47,49-51,53,55-63H2,1-5H3/b10-8-,11-9-,16-14-,17-15-,22-20-,23-21-,27-26-,30-29-,33-32-,42-40-,48-46-,54-52-. The zero-order chi connectivity index (χ0) is 55.6. The number of quaternary nitrogens is 1. The van der Waals surface area contributed by atoms with Crippen LogP contribution in [-0.4, -0.2) is 70.0 Å². The molecular weight excluding hydrogens is 966 g/mol. The summed E-state index contributed by atoms with van der Waals surface area (Å²) in [5.74, 6) is -0.941. The van der Waals surface area contributed by atoms with Crippen molar-refractivity contribution in [2.75, 3.05) is 47.5 Å². The molecule has 0 spiro atoms. The van der Waals surface area contributed by atoms with Gasteiger partial charge in [-0.15, -0.1) is 0 Å². The molecule has 0 saturated carbocycles. The molecule has 0 aliphatic carbocycles. The Kier molecular flexibility index (Phi) is 52.6. The predicted octanol–water partition coefficient (Wildman–Crippen LogP) is 18.1. The Bertz CT molecular complexity index is 1790. The Balaban J connectivity index is 4.21. The minimum atomic E-state index is -4.66. The van der Waals surface area contributed by atoms with Gasteiger partial charge in [-0.1, -0.05) is 237 Å². The second kappa shape index (κ2) is 55.6. The molecular formula is C66H108NO8P. The Labute approximate surface area is 465 Å². The van der Waals surface area contributed by atoms with Crippen molar-refractivity contribution in [2.45, 2.75) is 213 Å². The van der Waals surface area contributed by atoms with Crippen LogP contribution < -0.4 is 4.89 Å². The number of hydrogen-bond donors (Lipinski definition) is 0. The van der Waals surface area contributed by atoms with E-state index in [1.165, 1.54) is 70.6 Å². The quantitative estimate of drug-likeness (QED) is 0.0195. The first-order chi connectivity index (χ1) is 37.0. The maximum Gasteiger partial charge on any atom is 0.306 e. The number of nitrogens with zero attached hydrogens (tertiary/aromatic N) is 1. The fraction of sp³-hybridized carbons (Fsp3) is 0.606. The van der Waals surface area contributed by atoms with E-state index in [0.717, 1.165) is 96.3 Å². The van der Waals surface area contributed by atoms with E-state index in [0.29, 0.717) is 23.9 Å². The van der Waals surface area contributed by atoms with Crippen LogP contribution in [0.15, 0.2) is 146 Å². The SMILES string of the molecule is CC/C=C\C/C=C\C/C=C\C/C=C\C/C=C\C/C=C\CCCCCCCCCCCCCCCCC(=O)OC(COC(=O)CC/C=C\C/C=C\C/C=C\C/C=C\C/C=C\C/C=C\CC)COP(=O)([O-])OCC[N+](C)(C)C. The topological polar surface area (TPSA) is 111 Å². The summed E-state index contributed by atoms with van der Waals surface area (Å²) in [4.78, 5) is 37.8. The van der Waals surface area contributed by atoms with E-state index in [2.05, 4.69) is 148 Å². The number of unbranched alkanes of at least 4 members (excludes halogenated alkanes) is 14. The molecule has 0 aliphatic heterocycles. The van der Waals surface area contributed by atoms with Gasteiger partial charge in [-0.25, -0.2) is 0 Å². The van der Waals surface area contributed by atoms with E-state index < -0.39 is 32.5 Å². The summed E-state index contributed by atoms with van der Waals surface area (Å²) in [5, 5.41) is 0. The van der Waals surface area contributed by atoms with Gasteiger partial charge in [0.05, 0.1) is 27.7 Å². The molecule has 0 N–H and O–H groups in total. The summed E-state index contributed by atoms with van der Waals surface area (Å²) in [6.45, 7) is 3.90. The van der Waals surface area contributed by atoms with Crippen molar-refractivity contribution < 1.29 is 42.1 Å². The van der Waals surface area contributed by atoms with Crippen LogP contribution in [0.3, 0.4) is 0 Å². The highest BCUT2D eigenvalue weighted by molar-refractivity contribution is 7.45. The third kappa shape index (κ3) is 59.1. The predicted molar refractivity (Wildman–Crippen MR) is 323 cm³/mol. The molecule has 10 heteroatoms. The van der Waals surface area contributed by atoms with Gasteiger partial charge >= 0.3 is 11.9 Å². The molecule has 0 fully saturated rings. The van der Waals surface area contributed by atoms with Crippen LogP contribution in [0.1, 0.15) is 206 Å². The van der Waals surface area contributed by atoms with Gasteiger partial charge in [0, 0.05) is 12.8 Å². The van der Waals surface area contributed by atoms with Crippen LogP contribution in [0.5, 0.6) is 0 Å². The van der Waals surface area contributed by atoms with E-state index in [9.17, 15) is 19.0 Å². The minimum Gasteiger partial charge on any atom is -0.756 e. The van der Waals surface area contributed by atoms with Crippen molar-refractivity contribution in [1.82, 2.24) is 0 Å². The Morgan fingerprint density at radius 2 is 0.737 bits per heavy atom. The zero-order valence-corrected chi connectivity index (χ0v) is 49.5. The maximum absolute atomic E-state index is 12.8. The van der Waals surface area contributed by atoms with Gasteiger partial charge in [-0.2, -0.15) is 0 Å². The number of allylic oxidation sites excluding steroid dienone is 24. The molecule has 0 aromatic rings. The summed E-state index contributed by atoms with van der Waals surface area (Å²) < 4.78 is 34.0. The van der Waals surface area contributed by atoms with Crippen LogP contribution >= 0.6 is 7.82 Å². The van der Waals surface area contributed by atoms with E-state index in [1.54, 1.807) is 0 Å². The van der Waals surface area contributed by atoms with Crippen LogP contribution in [0.25, 0.3) is 0 Å². The molecule has 76 heavy (non-hydrogen) atoms. The molecule has 9 nitrogen and oxygen atoms in total. The van der Waals surface area contributed by atoms with Gasteiger partial charge in [0.2, 0.25) is 0 Å². The van der Waals surface area contributed by atoms with Gasteiger partial charge in [0.25, 0.3) is 7.82 Å². The lowest BCUT2D eigenvalue weighted by molar-refractivity contribution is -0.870.